The zero-order valence-corrected chi connectivity index (χ0v) is 14.6. The van der Waals surface area contributed by atoms with E-state index in [1.54, 1.807) is 25.3 Å². The number of thiazole rings is 1. The van der Waals surface area contributed by atoms with Crippen LogP contribution in [0.15, 0.2) is 28.9 Å². The van der Waals surface area contributed by atoms with Gasteiger partial charge in [-0.3, -0.25) is 14.0 Å². The summed E-state index contributed by atoms with van der Waals surface area (Å²) in [6.45, 7) is 2.12. The molecule has 0 unspecified atom stereocenters. The molecule has 24 heavy (non-hydrogen) atoms. The maximum atomic E-state index is 12.5. The van der Waals surface area contributed by atoms with Gasteiger partial charge in [-0.25, -0.2) is 9.97 Å². The van der Waals surface area contributed by atoms with E-state index < -0.39 is 0 Å². The minimum atomic E-state index is -0.214. The zero-order valence-electron chi connectivity index (χ0n) is 12.9. The number of nitrogens with zero attached hydrogens (tertiary/aromatic N) is 4. The second-order valence-electron chi connectivity index (χ2n) is 5.40. The molecule has 0 fully saturated rings. The van der Waals surface area contributed by atoms with Gasteiger partial charge in [0.1, 0.15) is 4.83 Å². The topological polar surface area (TPSA) is 81.3 Å². The normalized spacial score (nSPS) is 11.4. The Bertz CT molecular complexity index is 1110. The maximum absolute atomic E-state index is 12.5. The number of rotatable bonds is 3. The predicted octanol–water partition coefficient (Wildman–Crippen LogP) is 1.94. The van der Waals surface area contributed by atoms with Crippen LogP contribution in [0.5, 0.6) is 0 Å². The number of fused-ring (bicyclic) bond motifs is 2. The summed E-state index contributed by atoms with van der Waals surface area (Å²) in [6, 6.07) is 0. The first-order valence-electron chi connectivity index (χ1n) is 7.18. The quantitative estimate of drug-likeness (QED) is 0.606. The third-order valence-electron chi connectivity index (χ3n) is 3.79. The number of amides is 1. The van der Waals surface area contributed by atoms with Crippen molar-refractivity contribution in [1.29, 1.82) is 0 Å². The molecule has 4 rings (SSSR count). The Morgan fingerprint density at radius 1 is 1.42 bits per heavy atom. The minimum absolute atomic E-state index is 0.137. The van der Waals surface area contributed by atoms with Gasteiger partial charge < -0.3 is 9.88 Å². The Balaban J connectivity index is 1.61. The highest BCUT2D eigenvalue weighted by Gasteiger charge is 2.19. The molecular weight excluding hydrogens is 346 g/mol. The van der Waals surface area contributed by atoms with Gasteiger partial charge in [-0.1, -0.05) is 0 Å². The van der Waals surface area contributed by atoms with E-state index in [0.29, 0.717) is 27.2 Å². The molecule has 4 aromatic heterocycles. The summed E-state index contributed by atoms with van der Waals surface area (Å²) in [4.78, 5) is 35.4. The van der Waals surface area contributed by atoms with Gasteiger partial charge >= 0.3 is 0 Å². The van der Waals surface area contributed by atoms with Crippen molar-refractivity contribution in [1.82, 2.24) is 24.3 Å². The summed E-state index contributed by atoms with van der Waals surface area (Å²) in [5.74, 6) is -0.214. The van der Waals surface area contributed by atoms with E-state index in [4.69, 9.17) is 0 Å². The average molecular weight is 359 g/mol. The number of aryl methyl sites for hydroxylation is 2. The summed E-state index contributed by atoms with van der Waals surface area (Å²) in [5, 5.41) is 5.33. The van der Waals surface area contributed by atoms with Crippen molar-refractivity contribution in [3.05, 3.63) is 50.6 Å². The summed E-state index contributed by atoms with van der Waals surface area (Å²) in [6.07, 6.45) is 5.29. The molecule has 0 aliphatic heterocycles. The standard InChI is InChI=1S/C15H13N5O2S2/c1-8-10-13(17-7-19(2)14(10)22)24-11(8)12(21)16-5-9-6-20-3-4-23-15(20)18-9/h3-4,6-7H,5H2,1-2H3,(H,16,21). The summed E-state index contributed by atoms with van der Waals surface area (Å²) in [7, 11) is 1.65. The smallest absolute Gasteiger partial charge is 0.262 e. The van der Waals surface area contributed by atoms with Gasteiger partial charge in [0.2, 0.25) is 0 Å². The van der Waals surface area contributed by atoms with E-state index >= 15 is 0 Å². The predicted molar refractivity (Wildman–Crippen MR) is 93.8 cm³/mol. The van der Waals surface area contributed by atoms with E-state index in [1.165, 1.54) is 22.2 Å². The zero-order chi connectivity index (χ0) is 16.8. The lowest BCUT2D eigenvalue weighted by Gasteiger charge is -2.02. The number of nitrogens with one attached hydrogen (secondary N) is 1. The Labute approximate surface area is 144 Å². The Morgan fingerprint density at radius 3 is 3.04 bits per heavy atom. The van der Waals surface area contributed by atoms with Gasteiger partial charge in [0.05, 0.1) is 28.8 Å². The van der Waals surface area contributed by atoms with Crippen LogP contribution in [0.2, 0.25) is 0 Å². The van der Waals surface area contributed by atoms with Crippen LogP contribution in [-0.4, -0.2) is 24.8 Å². The van der Waals surface area contributed by atoms with Crippen LogP contribution in [0.3, 0.4) is 0 Å². The lowest BCUT2D eigenvalue weighted by molar-refractivity contribution is 0.0954. The Morgan fingerprint density at radius 2 is 2.25 bits per heavy atom. The van der Waals surface area contributed by atoms with Crippen molar-refractivity contribution in [3.63, 3.8) is 0 Å². The lowest BCUT2D eigenvalue weighted by atomic mass is 10.2. The summed E-state index contributed by atoms with van der Waals surface area (Å²) in [5.41, 5.74) is 1.33. The molecule has 0 saturated heterocycles. The van der Waals surface area contributed by atoms with E-state index in [1.807, 2.05) is 22.2 Å². The Hall–Kier alpha value is -2.52. The fourth-order valence-electron chi connectivity index (χ4n) is 2.54. The van der Waals surface area contributed by atoms with Crippen LogP contribution in [0, 0.1) is 6.92 Å². The number of imidazole rings is 1. The van der Waals surface area contributed by atoms with Crippen molar-refractivity contribution < 1.29 is 4.79 Å². The molecule has 1 amide bonds. The highest BCUT2D eigenvalue weighted by atomic mass is 32.1. The molecule has 4 heterocycles. The molecule has 7 nitrogen and oxygen atoms in total. The van der Waals surface area contributed by atoms with Crippen molar-refractivity contribution in [2.24, 2.45) is 7.05 Å². The molecule has 0 saturated carbocycles. The van der Waals surface area contributed by atoms with Crippen molar-refractivity contribution in [2.75, 3.05) is 0 Å². The SMILES string of the molecule is Cc1c(C(=O)NCc2cn3ccsc3n2)sc2ncn(C)c(=O)c12. The second-order valence-corrected chi connectivity index (χ2v) is 7.28. The molecule has 9 heteroatoms. The van der Waals surface area contributed by atoms with E-state index in [-0.39, 0.29) is 11.5 Å². The molecule has 0 aromatic carbocycles. The first-order chi connectivity index (χ1) is 11.5. The van der Waals surface area contributed by atoms with Crippen molar-refractivity contribution >= 4 is 43.8 Å². The van der Waals surface area contributed by atoms with Gasteiger partial charge in [0.15, 0.2) is 4.96 Å². The van der Waals surface area contributed by atoms with Gasteiger partial charge in [0, 0.05) is 24.8 Å². The summed E-state index contributed by atoms with van der Waals surface area (Å²) >= 11 is 2.78. The molecule has 0 radical (unpaired) electrons. The fraction of sp³-hybridized carbons (Fsp3) is 0.200. The van der Waals surface area contributed by atoms with Crippen LogP contribution in [-0.2, 0) is 13.6 Å². The number of hydrogen-bond acceptors (Lipinski definition) is 6. The third-order valence-corrected chi connectivity index (χ3v) is 5.76. The fourth-order valence-corrected chi connectivity index (χ4v) is 4.31. The molecule has 4 aromatic rings. The van der Waals surface area contributed by atoms with Gasteiger partial charge in [-0.2, -0.15) is 0 Å². The minimum Gasteiger partial charge on any atom is -0.346 e. The van der Waals surface area contributed by atoms with E-state index in [2.05, 4.69) is 15.3 Å². The van der Waals surface area contributed by atoms with Crippen LogP contribution in [0.1, 0.15) is 20.9 Å². The van der Waals surface area contributed by atoms with E-state index in [0.717, 1.165) is 10.7 Å². The molecule has 0 aliphatic rings. The highest BCUT2D eigenvalue weighted by Crippen LogP contribution is 2.26. The number of aromatic nitrogens is 4. The molecular formula is C15H13N5O2S2. The molecule has 122 valence electrons. The molecule has 0 atom stereocenters. The van der Waals surface area contributed by atoms with E-state index in [9.17, 15) is 9.59 Å². The van der Waals surface area contributed by atoms with Crippen LogP contribution in [0.4, 0.5) is 0 Å². The first-order valence-corrected chi connectivity index (χ1v) is 8.88. The van der Waals surface area contributed by atoms with Crippen LogP contribution >= 0.6 is 22.7 Å². The van der Waals surface area contributed by atoms with Gasteiger partial charge in [-0.05, 0) is 12.5 Å². The molecule has 0 bridgehead atoms. The Kier molecular flexibility index (Phi) is 3.47. The largest absolute Gasteiger partial charge is 0.346 e. The monoisotopic (exact) mass is 359 g/mol. The van der Waals surface area contributed by atoms with Crippen molar-refractivity contribution in [3.8, 4) is 0 Å². The lowest BCUT2D eigenvalue weighted by Crippen LogP contribution is -2.23. The number of hydrogen-bond donors (Lipinski definition) is 1. The summed E-state index contributed by atoms with van der Waals surface area (Å²) < 4.78 is 3.34. The number of carbonyl (C=O) groups excluding carboxylic acids is 1. The van der Waals surface area contributed by atoms with Crippen molar-refractivity contribution in [2.45, 2.75) is 13.5 Å². The number of thiophene rings is 1. The van der Waals surface area contributed by atoms with Crippen LogP contribution < -0.4 is 10.9 Å². The first kappa shape index (κ1) is 15.0. The molecule has 0 spiro atoms. The molecule has 0 aliphatic carbocycles. The van der Waals surface area contributed by atoms with Gasteiger partial charge in [0.25, 0.3) is 11.5 Å². The van der Waals surface area contributed by atoms with Gasteiger partial charge in [-0.15, -0.1) is 22.7 Å². The second kappa shape index (κ2) is 5.53. The highest BCUT2D eigenvalue weighted by molar-refractivity contribution is 7.20. The maximum Gasteiger partial charge on any atom is 0.262 e. The third kappa shape index (κ3) is 2.33. The average Bonchev–Trinajstić information content (AvgIpc) is 3.22. The van der Waals surface area contributed by atoms with Crippen LogP contribution in [0.25, 0.3) is 15.2 Å². The molecule has 1 N–H and O–H groups in total. The number of carbonyl (C=O) groups is 1.